The quantitative estimate of drug-likeness (QED) is 0.608. The smallest absolute Gasteiger partial charge is 0.335 e. The van der Waals surface area contributed by atoms with E-state index < -0.39 is 11.8 Å². The normalized spacial score (nSPS) is 9.83. The molecule has 0 fully saturated rings. The van der Waals surface area contributed by atoms with Crippen molar-refractivity contribution in [3.05, 3.63) is 27.1 Å². The summed E-state index contributed by atoms with van der Waals surface area (Å²) in [6.45, 7) is 0. The summed E-state index contributed by atoms with van der Waals surface area (Å²) < 4.78 is 13.2. The molecule has 0 aliphatic carbocycles. The number of carboxylic acids is 1. The summed E-state index contributed by atoms with van der Waals surface area (Å²) in [6.07, 6.45) is 0. The Morgan fingerprint density at radius 3 is 2.58 bits per heavy atom. The predicted molar refractivity (Wildman–Crippen MR) is 50.5 cm³/mol. The first-order valence-electron chi connectivity index (χ1n) is 3.00. The van der Waals surface area contributed by atoms with Crippen LogP contribution in [-0.4, -0.2) is 11.1 Å². The van der Waals surface area contributed by atoms with E-state index in [9.17, 15) is 9.18 Å². The maximum Gasteiger partial charge on any atom is 0.335 e. The average molecular weight is 281 g/mol. The summed E-state index contributed by atoms with van der Waals surface area (Å²) in [5, 5.41) is 8.51. The van der Waals surface area contributed by atoms with Gasteiger partial charge in [0.05, 0.1) is 11.3 Å². The molecule has 3 N–H and O–H groups in total. The van der Waals surface area contributed by atoms with Gasteiger partial charge in [0.1, 0.15) is 5.82 Å². The van der Waals surface area contributed by atoms with Gasteiger partial charge < -0.3 is 10.8 Å². The minimum Gasteiger partial charge on any atom is -0.478 e. The first kappa shape index (κ1) is 9.24. The molecule has 64 valence electrons. The van der Waals surface area contributed by atoms with Crippen molar-refractivity contribution in [2.45, 2.75) is 0 Å². The SMILES string of the molecule is Nc1c(F)cc(C(=O)O)cc1I. The molecule has 0 bridgehead atoms. The molecule has 0 saturated heterocycles. The van der Waals surface area contributed by atoms with Crippen LogP contribution in [0.25, 0.3) is 0 Å². The van der Waals surface area contributed by atoms with Crippen LogP contribution in [0.4, 0.5) is 10.1 Å². The monoisotopic (exact) mass is 281 g/mol. The third kappa shape index (κ3) is 1.66. The van der Waals surface area contributed by atoms with Crippen molar-refractivity contribution in [1.29, 1.82) is 0 Å². The van der Waals surface area contributed by atoms with Crippen LogP contribution in [0.3, 0.4) is 0 Å². The standard InChI is InChI=1S/C7H5FINO2/c8-4-1-3(7(11)12)2-5(9)6(4)10/h1-2H,10H2,(H,11,12). The number of hydrogen-bond donors (Lipinski definition) is 2. The summed E-state index contributed by atoms with van der Waals surface area (Å²) in [7, 11) is 0. The molecule has 0 aliphatic heterocycles. The van der Waals surface area contributed by atoms with Crippen LogP contribution < -0.4 is 5.73 Å². The number of aromatic carboxylic acids is 1. The van der Waals surface area contributed by atoms with E-state index in [-0.39, 0.29) is 11.3 Å². The maximum atomic E-state index is 12.8. The Bertz CT molecular complexity index is 317. The van der Waals surface area contributed by atoms with Gasteiger partial charge >= 0.3 is 5.97 Å². The third-order valence-electron chi connectivity index (χ3n) is 1.33. The minimum absolute atomic E-state index is 0.0133. The van der Waals surface area contributed by atoms with Gasteiger partial charge in [-0.05, 0) is 34.7 Å². The Morgan fingerprint density at radius 1 is 1.58 bits per heavy atom. The van der Waals surface area contributed by atoms with Gasteiger partial charge in [-0.1, -0.05) is 0 Å². The molecule has 1 aromatic carbocycles. The molecule has 0 saturated carbocycles. The number of halogens is 2. The molecule has 1 rings (SSSR count). The van der Waals surface area contributed by atoms with E-state index in [0.29, 0.717) is 3.57 Å². The number of nitrogens with two attached hydrogens (primary N) is 1. The second-order valence-electron chi connectivity index (χ2n) is 2.16. The van der Waals surface area contributed by atoms with Crippen LogP contribution in [0.2, 0.25) is 0 Å². The summed E-state index contributed by atoms with van der Waals surface area (Å²) in [5.41, 5.74) is 5.17. The highest BCUT2D eigenvalue weighted by Crippen LogP contribution is 2.20. The Kier molecular flexibility index (Phi) is 2.51. The van der Waals surface area contributed by atoms with Gasteiger partial charge in [0, 0.05) is 3.57 Å². The summed E-state index contributed by atoms with van der Waals surface area (Å²) in [4.78, 5) is 10.4. The molecule has 0 heterocycles. The number of nitrogen functional groups attached to an aromatic ring is 1. The molecule has 1 aromatic rings. The van der Waals surface area contributed by atoms with Crippen molar-refractivity contribution in [2.75, 3.05) is 5.73 Å². The highest BCUT2D eigenvalue weighted by molar-refractivity contribution is 14.1. The van der Waals surface area contributed by atoms with Crippen molar-refractivity contribution >= 4 is 34.2 Å². The molecule has 12 heavy (non-hydrogen) atoms. The molecule has 3 nitrogen and oxygen atoms in total. The molecule has 0 radical (unpaired) electrons. The van der Waals surface area contributed by atoms with E-state index in [2.05, 4.69) is 0 Å². The molecule has 0 aromatic heterocycles. The first-order chi connectivity index (χ1) is 5.52. The number of anilines is 1. The summed E-state index contributed by atoms with van der Waals surface area (Å²) >= 11 is 1.78. The third-order valence-corrected chi connectivity index (χ3v) is 2.22. The lowest BCUT2D eigenvalue weighted by atomic mass is 10.2. The molecule has 0 spiro atoms. The predicted octanol–water partition coefficient (Wildman–Crippen LogP) is 1.71. The Hall–Kier alpha value is -0.850. The lowest BCUT2D eigenvalue weighted by molar-refractivity contribution is 0.0696. The second-order valence-corrected chi connectivity index (χ2v) is 3.32. The maximum absolute atomic E-state index is 12.8. The molecule has 0 aliphatic rings. The van der Waals surface area contributed by atoms with E-state index in [1.165, 1.54) is 6.07 Å². The molecule has 5 heteroatoms. The molecular weight excluding hydrogens is 276 g/mol. The van der Waals surface area contributed by atoms with Gasteiger partial charge in [-0.3, -0.25) is 0 Å². The Morgan fingerprint density at radius 2 is 2.17 bits per heavy atom. The van der Waals surface area contributed by atoms with Crippen molar-refractivity contribution < 1.29 is 14.3 Å². The fourth-order valence-electron chi connectivity index (χ4n) is 0.708. The van der Waals surface area contributed by atoms with Crippen LogP contribution in [0.5, 0.6) is 0 Å². The van der Waals surface area contributed by atoms with Crippen molar-refractivity contribution in [1.82, 2.24) is 0 Å². The highest BCUT2D eigenvalue weighted by Gasteiger charge is 2.09. The van der Waals surface area contributed by atoms with Gasteiger partial charge in [0.2, 0.25) is 0 Å². The number of benzene rings is 1. The van der Waals surface area contributed by atoms with E-state index in [4.69, 9.17) is 10.8 Å². The van der Waals surface area contributed by atoms with Crippen LogP contribution in [0.1, 0.15) is 10.4 Å². The minimum atomic E-state index is -1.16. The van der Waals surface area contributed by atoms with Crippen LogP contribution in [0.15, 0.2) is 12.1 Å². The Labute approximate surface area is 81.5 Å². The zero-order valence-electron chi connectivity index (χ0n) is 5.84. The van der Waals surface area contributed by atoms with Crippen molar-refractivity contribution in [3.8, 4) is 0 Å². The van der Waals surface area contributed by atoms with Gasteiger partial charge in [-0.15, -0.1) is 0 Å². The lowest BCUT2D eigenvalue weighted by Crippen LogP contribution is -2.01. The van der Waals surface area contributed by atoms with Gasteiger partial charge in [-0.2, -0.15) is 0 Å². The summed E-state index contributed by atoms with van der Waals surface area (Å²) in [5.74, 6) is -1.86. The zero-order valence-corrected chi connectivity index (χ0v) is 8.00. The number of carbonyl (C=O) groups is 1. The second kappa shape index (κ2) is 3.26. The molecule has 0 amide bonds. The van der Waals surface area contributed by atoms with E-state index in [1.807, 2.05) is 0 Å². The van der Waals surface area contributed by atoms with Gasteiger partial charge in [-0.25, -0.2) is 9.18 Å². The van der Waals surface area contributed by atoms with Crippen LogP contribution >= 0.6 is 22.6 Å². The van der Waals surface area contributed by atoms with Crippen LogP contribution in [-0.2, 0) is 0 Å². The fraction of sp³-hybridized carbons (Fsp3) is 0. The summed E-state index contributed by atoms with van der Waals surface area (Å²) in [6, 6.07) is 2.22. The lowest BCUT2D eigenvalue weighted by Gasteiger charge is -2.01. The van der Waals surface area contributed by atoms with Gasteiger partial charge in [0.15, 0.2) is 0 Å². The zero-order chi connectivity index (χ0) is 9.30. The van der Waals surface area contributed by atoms with Crippen molar-refractivity contribution in [2.24, 2.45) is 0 Å². The average Bonchev–Trinajstić information content (AvgIpc) is 1.99. The van der Waals surface area contributed by atoms with E-state index in [1.54, 1.807) is 22.6 Å². The number of rotatable bonds is 1. The molecule has 0 atom stereocenters. The van der Waals surface area contributed by atoms with Crippen molar-refractivity contribution in [3.63, 3.8) is 0 Å². The highest BCUT2D eigenvalue weighted by atomic mass is 127. The Balaban J connectivity index is 3.31. The fourth-order valence-corrected chi connectivity index (χ4v) is 1.30. The molecular formula is C7H5FINO2. The number of hydrogen-bond acceptors (Lipinski definition) is 2. The van der Waals surface area contributed by atoms with Gasteiger partial charge in [0.25, 0.3) is 0 Å². The number of carboxylic acid groups (broad SMARTS) is 1. The molecule has 0 unspecified atom stereocenters. The van der Waals surface area contributed by atoms with Crippen LogP contribution in [0, 0.1) is 9.39 Å². The largest absolute Gasteiger partial charge is 0.478 e. The topological polar surface area (TPSA) is 63.3 Å². The van der Waals surface area contributed by atoms with E-state index >= 15 is 0 Å². The van der Waals surface area contributed by atoms with E-state index in [0.717, 1.165) is 6.07 Å². The first-order valence-corrected chi connectivity index (χ1v) is 4.08.